The first-order valence-electron chi connectivity index (χ1n) is 9.47. The van der Waals surface area contributed by atoms with Crippen LogP contribution < -0.4 is 9.46 Å². The van der Waals surface area contributed by atoms with Crippen molar-refractivity contribution in [1.82, 2.24) is 4.90 Å². The number of halogens is 1. The van der Waals surface area contributed by atoms with Crippen LogP contribution in [0.15, 0.2) is 71.6 Å². The highest BCUT2D eigenvalue weighted by Crippen LogP contribution is 2.21. The van der Waals surface area contributed by atoms with Crippen LogP contribution in [0.5, 0.6) is 5.75 Å². The van der Waals surface area contributed by atoms with E-state index >= 15 is 0 Å². The lowest BCUT2D eigenvalue weighted by Gasteiger charge is -2.19. The van der Waals surface area contributed by atoms with Gasteiger partial charge in [0.15, 0.2) is 0 Å². The number of hydrogen-bond acceptors (Lipinski definition) is 4. The van der Waals surface area contributed by atoms with E-state index in [1.54, 1.807) is 27.1 Å². The van der Waals surface area contributed by atoms with Gasteiger partial charge in [0.2, 0.25) is 0 Å². The second-order valence-corrected chi connectivity index (χ2v) is 8.78. The molecule has 0 radical (unpaired) electrons. The summed E-state index contributed by atoms with van der Waals surface area (Å²) in [6, 6.07) is 16.7. The standard InChI is InChI=1S/C23H23FN2O4S/c1-16-4-13-21(31(28,29)25-19-9-7-18(24)8-10-19)14-22(16)23(27)26(2)15-17-5-11-20(30-3)12-6-17/h4-14,25H,15H2,1-3H3. The van der Waals surface area contributed by atoms with Crippen LogP contribution in [0.4, 0.5) is 10.1 Å². The minimum Gasteiger partial charge on any atom is -0.497 e. The predicted octanol–water partition coefficient (Wildman–Crippen LogP) is 4.22. The minimum absolute atomic E-state index is 0.0522. The molecule has 31 heavy (non-hydrogen) atoms. The summed E-state index contributed by atoms with van der Waals surface area (Å²) in [4.78, 5) is 14.5. The van der Waals surface area contributed by atoms with E-state index < -0.39 is 15.8 Å². The van der Waals surface area contributed by atoms with Crippen LogP contribution in [-0.4, -0.2) is 33.4 Å². The number of rotatable bonds is 7. The van der Waals surface area contributed by atoms with E-state index in [1.165, 1.54) is 29.2 Å². The maximum absolute atomic E-state index is 13.1. The molecule has 1 N–H and O–H groups in total. The quantitative estimate of drug-likeness (QED) is 0.595. The fraction of sp³-hybridized carbons (Fsp3) is 0.174. The number of carbonyl (C=O) groups is 1. The Morgan fingerprint density at radius 3 is 2.29 bits per heavy atom. The monoisotopic (exact) mass is 442 g/mol. The summed E-state index contributed by atoms with van der Waals surface area (Å²) >= 11 is 0. The molecule has 0 saturated heterocycles. The van der Waals surface area contributed by atoms with E-state index in [4.69, 9.17) is 4.74 Å². The average Bonchev–Trinajstić information content (AvgIpc) is 2.75. The van der Waals surface area contributed by atoms with Crippen molar-refractivity contribution in [1.29, 1.82) is 0 Å². The van der Waals surface area contributed by atoms with Crippen LogP contribution in [0.2, 0.25) is 0 Å². The van der Waals surface area contributed by atoms with Crippen LogP contribution >= 0.6 is 0 Å². The first-order valence-corrected chi connectivity index (χ1v) is 11.0. The highest BCUT2D eigenvalue weighted by molar-refractivity contribution is 7.92. The third kappa shape index (κ3) is 5.40. The minimum atomic E-state index is -3.95. The van der Waals surface area contributed by atoms with Crippen molar-refractivity contribution in [2.45, 2.75) is 18.4 Å². The van der Waals surface area contributed by atoms with Gasteiger partial charge in [-0.05, 0) is 66.6 Å². The Morgan fingerprint density at radius 1 is 1.03 bits per heavy atom. The zero-order chi connectivity index (χ0) is 22.6. The molecule has 0 unspecified atom stereocenters. The lowest BCUT2D eigenvalue weighted by Crippen LogP contribution is -2.27. The van der Waals surface area contributed by atoms with Crippen molar-refractivity contribution in [3.8, 4) is 5.75 Å². The molecule has 3 rings (SSSR count). The summed E-state index contributed by atoms with van der Waals surface area (Å²) in [5.74, 6) is -0.0432. The normalized spacial score (nSPS) is 11.1. The molecule has 0 bridgehead atoms. The summed E-state index contributed by atoms with van der Waals surface area (Å²) in [6.45, 7) is 2.10. The van der Waals surface area contributed by atoms with Crippen molar-refractivity contribution in [2.24, 2.45) is 0 Å². The number of aryl methyl sites for hydroxylation is 1. The topological polar surface area (TPSA) is 75.7 Å². The van der Waals surface area contributed by atoms with Crippen molar-refractivity contribution in [2.75, 3.05) is 18.9 Å². The third-order valence-corrected chi connectivity index (χ3v) is 6.15. The van der Waals surface area contributed by atoms with E-state index in [2.05, 4.69) is 4.72 Å². The second kappa shape index (κ2) is 9.18. The highest BCUT2D eigenvalue weighted by Gasteiger charge is 2.20. The zero-order valence-electron chi connectivity index (χ0n) is 17.4. The summed E-state index contributed by atoms with van der Waals surface area (Å²) in [5.41, 5.74) is 2.09. The van der Waals surface area contributed by atoms with Gasteiger partial charge in [0, 0.05) is 24.8 Å². The molecule has 3 aromatic rings. The summed E-state index contributed by atoms with van der Waals surface area (Å²) in [6.07, 6.45) is 0. The lowest BCUT2D eigenvalue weighted by atomic mass is 10.1. The molecule has 0 aliphatic rings. The Labute approximate surface area is 181 Å². The number of sulfonamides is 1. The van der Waals surface area contributed by atoms with Crippen LogP contribution in [-0.2, 0) is 16.6 Å². The molecule has 0 aliphatic carbocycles. The molecule has 8 heteroatoms. The SMILES string of the molecule is COc1ccc(CN(C)C(=O)c2cc(S(=O)(=O)Nc3ccc(F)cc3)ccc2C)cc1. The first kappa shape index (κ1) is 22.3. The largest absolute Gasteiger partial charge is 0.497 e. The Balaban J connectivity index is 1.81. The second-order valence-electron chi connectivity index (χ2n) is 7.10. The maximum Gasteiger partial charge on any atom is 0.261 e. The summed E-state index contributed by atoms with van der Waals surface area (Å²) in [7, 11) is -0.709. The number of methoxy groups -OCH3 is 1. The number of carbonyl (C=O) groups excluding carboxylic acids is 1. The predicted molar refractivity (Wildman–Crippen MR) is 117 cm³/mol. The van der Waals surface area contributed by atoms with Gasteiger partial charge in [-0.2, -0.15) is 0 Å². The Hall–Kier alpha value is -3.39. The highest BCUT2D eigenvalue weighted by atomic mass is 32.2. The van der Waals surface area contributed by atoms with Crippen molar-refractivity contribution in [3.05, 3.63) is 89.2 Å². The summed E-state index contributed by atoms with van der Waals surface area (Å²) in [5, 5.41) is 0. The van der Waals surface area contributed by atoms with Gasteiger partial charge in [-0.3, -0.25) is 9.52 Å². The molecule has 0 fully saturated rings. The molecule has 0 spiro atoms. The number of anilines is 1. The van der Waals surface area contributed by atoms with Crippen LogP contribution in [0.1, 0.15) is 21.5 Å². The number of hydrogen-bond donors (Lipinski definition) is 1. The van der Waals surface area contributed by atoms with E-state index in [0.717, 1.165) is 23.4 Å². The molecule has 1 amide bonds. The molecular weight excluding hydrogens is 419 g/mol. The van der Waals surface area contributed by atoms with E-state index in [0.29, 0.717) is 12.1 Å². The average molecular weight is 443 g/mol. The van der Waals surface area contributed by atoms with Gasteiger partial charge in [0.25, 0.3) is 15.9 Å². The maximum atomic E-state index is 13.1. The molecule has 0 aromatic heterocycles. The van der Waals surface area contributed by atoms with Gasteiger partial charge in [-0.1, -0.05) is 18.2 Å². The van der Waals surface area contributed by atoms with Gasteiger partial charge >= 0.3 is 0 Å². The molecule has 0 heterocycles. The van der Waals surface area contributed by atoms with Crippen molar-refractivity contribution < 1.29 is 22.3 Å². The fourth-order valence-corrected chi connectivity index (χ4v) is 4.10. The summed E-state index contributed by atoms with van der Waals surface area (Å²) < 4.78 is 46.1. The van der Waals surface area contributed by atoms with Gasteiger partial charge in [-0.25, -0.2) is 12.8 Å². The zero-order valence-corrected chi connectivity index (χ0v) is 18.2. The van der Waals surface area contributed by atoms with Crippen molar-refractivity contribution in [3.63, 3.8) is 0 Å². The first-order chi connectivity index (χ1) is 14.7. The van der Waals surface area contributed by atoms with Gasteiger partial charge < -0.3 is 9.64 Å². The fourth-order valence-electron chi connectivity index (χ4n) is 3.01. The number of amides is 1. The Bertz CT molecular complexity index is 1180. The molecule has 0 saturated carbocycles. The van der Waals surface area contributed by atoms with Crippen LogP contribution in [0.3, 0.4) is 0 Å². The molecule has 0 atom stereocenters. The lowest BCUT2D eigenvalue weighted by molar-refractivity contribution is 0.0784. The molecule has 6 nitrogen and oxygen atoms in total. The third-order valence-electron chi connectivity index (χ3n) is 4.77. The Morgan fingerprint density at radius 2 is 1.68 bits per heavy atom. The Kier molecular flexibility index (Phi) is 6.60. The van der Waals surface area contributed by atoms with E-state index in [-0.39, 0.29) is 22.1 Å². The number of nitrogens with zero attached hydrogens (tertiary/aromatic N) is 1. The smallest absolute Gasteiger partial charge is 0.261 e. The molecular formula is C23H23FN2O4S. The van der Waals surface area contributed by atoms with Crippen LogP contribution in [0.25, 0.3) is 0 Å². The van der Waals surface area contributed by atoms with Crippen LogP contribution in [0, 0.1) is 12.7 Å². The number of ether oxygens (including phenoxy) is 1. The van der Waals surface area contributed by atoms with E-state index in [9.17, 15) is 17.6 Å². The molecule has 0 aliphatic heterocycles. The van der Waals surface area contributed by atoms with Gasteiger partial charge in [0.1, 0.15) is 11.6 Å². The number of nitrogens with one attached hydrogen (secondary N) is 1. The molecule has 3 aromatic carbocycles. The van der Waals surface area contributed by atoms with Crippen molar-refractivity contribution >= 4 is 21.6 Å². The van der Waals surface area contributed by atoms with Gasteiger partial charge in [-0.15, -0.1) is 0 Å². The van der Waals surface area contributed by atoms with Gasteiger partial charge in [0.05, 0.1) is 12.0 Å². The number of benzene rings is 3. The van der Waals surface area contributed by atoms with E-state index in [1.807, 2.05) is 24.3 Å². The molecule has 162 valence electrons.